The van der Waals surface area contributed by atoms with Crippen molar-refractivity contribution in [2.75, 3.05) is 42.5 Å². The van der Waals surface area contributed by atoms with Crippen molar-refractivity contribution < 1.29 is 18.9 Å². The van der Waals surface area contributed by atoms with E-state index >= 15 is 0 Å². The molecule has 1 aliphatic carbocycles. The lowest BCUT2D eigenvalue weighted by molar-refractivity contribution is 0.285. The number of methoxy groups -OCH3 is 4. The minimum Gasteiger partial charge on any atom is -0.497 e. The average Bonchev–Trinajstić information content (AvgIpc) is 2.82. The number of benzene rings is 2. The van der Waals surface area contributed by atoms with Gasteiger partial charge in [0.2, 0.25) is 5.75 Å². The highest BCUT2D eigenvalue weighted by Gasteiger charge is 2.29. The van der Waals surface area contributed by atoms with Gasteiger partial charge in [0, 0.05) is 11.6 Å². The molecule has 3 rings (SSSR count). The maximum Gasteiger partial charge on any atom is 0.203 e. The summed E-state index contributed by atoms with van der Waals surface area (Å²) in [6.45, 7) is 0. The molecule has 1 atom stereocenters. The van der Waals surface area contributed by atoms with E-state index in [0.717, 1.165) is 29.7 Å². The second-order valence-electron chi connectivity index (χ2n) is 6.65. The quantitative estimate of drug-likeness (QED) is 0.811. The van der Waals surface area contributed by atoms with E-state index in [9.17, 15) is 0 Å². The number of aryl methyl sites for hydroxylation is 1. The van der Waals surface area contributed by atoms with E-state index in [1.807, 2.05) is 6.07 Å². The zero-order valence-electron chi connectivity index (χ0n) is 16.4. The number of fused-ring (bicyclic) bond motifs is 3. The van der Waals surface area contributed by atoms with Crippen LogP contribution >= 0.6 is 0 Å². The summed E-state index contributed by atoms with van der Waals surface area (Å²) < 4.78 is 22.4. The Morgan fingerprint density at radius 2 is 1.62 bits per heavy atom. The Morgan fingerprint density at radius 1 is 0.885 bits per heavy atom. The minimum absolute atomic E-state index is 0.286. The fourth-order valence-electron chi connectivity index (χ4n) is 3.85. The first-order valence-electron chi connectivity index (χ1n) is 8.72. The van der Waals surface area contributed by atoms with Gasteiger partial charge >= 0.3 is 0 Å². The maximum absolute atomic E-state index is 5.79. The van der Waals surface area contributed by atoms with Gasteiger partial charge in [0.15, 0.2) is 11.5 Å². The molecule has 1 unspecified atom stereocenters. The maximum atomic E-state index is 5.79. The Morgan fingerprint density at radius 3 is 2.19 bits per heavy atom. The van der Waals surface area contributed by atoms with Gasteiger partial charge < -0.3 is 23.8 Å². The Hall–Kier alpha value is -2.40. The van der Waals surface area contributed by atoms with Crippen molar-refractivity contribution in [2.45, 2.75) is 18.9 Å². The molecule has 0 saturated carbocycles. The molecule has 0 aromatic heterocycles. The van der Waals surface area contributed by atoms with Crippen molar-refractivity contribution in [3.8, 4) is 34.1 Å². The molecule has 2 aromatic rings. The predicted molar refractivity (Wildman–Crippen MR) is 103 cm³/mol. The molecule has 0 heterocycles. The highest BCUT2D eigenvalue weighted by Crippen LogP contribution is 2.51. The van der Waals surface area contributed by atoms with Gasteiger partial charge in [-0.25, -0.2) is 0 Å². The van der Waals surface area contributed by atoms with Crippen molar-refractivity contribution in [3.05, 3.63) is 35.4 Å². The third kappa shape index (κ3) is 2.97. The minimum atomic E-state index is 0.286. The summed E-state index contributed by atoms with van der Waals surface area (Å²) in [7, 11) is 10.9. The van der Waals surface area contributed by atoms with Crippen molar-refractivity contribution in [1.82, 2.24) is 4.90 Å². The lowest BCUT2D eigenvalue weighted by Crippen LogP contribution is -2.20. The van der Waals surface area contributed by atoms with Crippen LogP contribution < -0.4 is 18.9 Å². The van der Waals surface area contributed by atoms with E-state index in [-0.39, 0.29) is 6.04 Å². The van der Waals surface area contributed by atoms with E-state index in [1.54, 1.807) is 28.4 Å². The Bertz CT molecular complexity index is 801. The van der Waals surface area contributed by atoms with Gasteiger partial charge in [0.05, 0.1) is 28.4 Å². The fourth-order valence-corrected chi connectivity index (χ4v) is 3.85. The van der Waals surface area contributed by atoms with Crippen molar-refractivity contribution in [1.29, 1.82) is 0 Å². The molecule has 0 amide bonds. The first-order chi connectivity index (χ1) is 12.5. The summed E-state index contributed by atoms with van der Waals surface area (Å²) in [4.78, 5) is 2.26. The molecule has 0 fully saturated rings. The number of rotatable bonds is 5. The smallest absolute Gasteiger partial charge is 0.203 e. The van der Waals surface area contributed by atoms with Gasteiger partial charge in [-0.05, 0) is 61.8 Å². The average molecular weight is 357 g/mol. The lowest BCUT2D eigenvalue weighted by atomic mass is 9.93. The van der Waals surface area contributed by atoms with Crippen LogP contribution in [0.5, 0.6) is 23.0 Å². The van der Waals surface area contributed by atoms with Crippen molar-refractivity contribution in [2.24, 2.45) is 0 Å². The van der Waals surface area contributed by atoms with Crippen LogP contribution in [0.15, 0.2) is 24.3 Å². The van der Waals surface area contributed by atoms with E-state index in [1.165, 1.54) is 11.1 Å². The van der Waals surface area contributed by atoms with Crippen LogP contribution in [0.1, 0.15) is 23.6 Å². The fraction of sp³-hybridized carbons (Fsp3) is 0.429. The molecular formula is C21H27NO4. The van der Waals surface area contributed by atoms with Crippen LogP contribution in [0.4, 0.5) is 0 Å². The molecule has 0 bridgehead atoms. The number of nitrogens with zero attached hydrogens (tertiary/aromatic N) is 1. The molecule has 1 aliphatic rings. The van der Waals surface area contributed by atoms with E-state index in [4.69, 9.17) is 18.9 Å². The zero-order valence-corrected chi connectivity index (χ0v) is 16.4. The number of hydrogen-bond donors (Lipinski definition) is 0. The van der Waals surface area contributed by atoms with E-state index in [0.29, 0.717) is 17.2 Å². The molecule has 5 nitrogen and oxygen atoms in total. The second kappa shape index (κ2) is 7.46. The third-order valence-electron chi connectivity index (χ3n) is 5.11. The Labute approximate surface area is 155 Å². The van der Waals surface area contributed by atoms with Crippen molar-refractivity contribution >= 4 is 0 Å². The van der Waals surface area contributed by atoms with E-state index in [2.05, 4.69) is 37.2 Å². The summed E-state index contributed by atoms with van der Waals surface area (Å²) in [5.41, 5.74) is 4.66. The number of ether oxygens (including phenoxy) is 4. The third-order valence-corrected chi connectivity index (χ3v) is 5.11. The van der Waals surface area contributed by atoms with Crippen LogP contribution in [0.3, 0.4) is 0 Å². The standard InChI is InChI=1S/C21H27NO4/c1-22(2)17-10-7-13-11-18(24-4)20(25-5)21(26-6)19(13)15-9-8-14(23-3)12-16(15)17/h8-9,11-12,17H,7,10H2,1-6H3. The molecule has 0 radical (unpaired) electrons. The molecule has 140 valence electrons. The molecular weight excluding hydrogens is 330 g/mol. The molecule has 5 heteroatoms. The monoisotopic (exact) mass is 357 g/mol. The summed E-state index contributed by atoms with van der Waals surface area (Å²) in [6.07, 6.45) is 1.92. The molecule has 0 N–H and O–H groups in total. The highest BCUT2D eigenvalue weighted by molar-refractivity contribution is 5.83. The van der Waals surface area contributed by atoms with Crippen LogP contribution in [-0.4, -0.2) is 47.4 Å². The SMILES string of the molecule is COc1ccc2c(c1)C(N(C)C)CCc1cc(OC)c(OC)c(OC)c1-2. The second-order valence-corrected chi connectivity index (χ2v) is 6.65. The van der Waals surface area contributed by atoms with Crippen molar-refractivity contribution in [3.63, 3.8) is 0 Å². The summed E-state index contributed by atoms with van der Waals surface area (Å²) >= 11 is 0. The highest BCUT2D eigenvalue weighted by atomic mass is 16.5. The van der Waals surface area contributed by atoms with Crippen LogP contribution in [0.2, 0.25) is 0 Å². The van der Waals surface area contributed by atoms with Gasteiger partial charge in [-0.2, -0.15) is 0 Å². The molecule has 0 aliphatic heterocycles. The first-order valence-corrected chi connectivity index (χ1v) is 8.72. The normalized spacial score (nSPS) is 15.7. The molecule has 2 aromatic carbocycles. The first kappa shape index (κ1) is 18.4. The van der Waals surface area contributed by atoms with Crippen LogP contribution in [0.25, 0.3) is 11.1 Å². The predicted octanol–water partition coefficient (Wildman–Crippen LogP) is 3.94. The summed E-state index contributed by atoms with van der Waals surface area (Å²) in [5.74, 6) is 2.89. The molecule has 0 spiro atoms. The lowest BCUT2D eigenvalue weighted by Gasteiger charge is -2.25. The zero-order chi connectivity index (χ0) is 18.8. The largest absolute Gasteiger partial charge is 0.497 e. The van der Waals surface area contributed by atoms with Crippen LogP contribution in [0, 0.1) is 0 Å². The summed E-state index contributed by atoms with van der Waals surface area (Å²) in [6, 6.07) is 8.60. The van der Waals surface area contributed by atoms with E-state index < -0.39 is 0 Å². The van der Waals surface area contributed by atoms with Gasteiger partial charge in [0.25, 0.3) is 0 Å². The molecule has 26 heavy (non-hydrogen) atoms. The van der Waals surface area contributed by atoms with Gasteiger partial charge in [0.1, 0.15) is 5.75 Å². The summed E-state index contributed by atoms with van der Waals surface area (Å²) in [5, 5.41) is 0. The van der Waals surface area contributed by atoms with Gasteiger partial charge in [-0.15, -0.1) is 0 Å². The Kier molecular flexibility index (Phi) is 5.28. The van der Waals surface area contributed by atoms with Crippen LogP contribution in [-0.2, 0) is 6.42 Å². The van der Waals surface area contributed by atoms with Gasteiger partial charge in [-0.3, -0.25) is 0 Å². The Balaban J connectivity index is 2.34. The number of hydrogen-bond acceptors (Lipinski definition) is 5. The van der Waals surface area contributed by atoms with Gasteiger partial charge in [-0.1, -0.05) is 6.07 Å². The topological polar surface area (TPSA) is 40.2 Å². The molecule has 0 saturated heterocycles.